The van der Waals surface area contributed by atoms with Gasteiger partial charge in [0.2, 0.25) is 11.8 Å². The first-order valence-electron chi connectivity index (χ1n) is 9.10. The number of carbonyl (C=O) groups is 2. The van der Waals surface area contributed by atoms with Gasteiger partial charge in [-0.05, 0) is 38.4 Å². The van der Waals surface area contributed by atoms with Gasteiger partial charge in [0.05, 0.1) is 25.8 Å². The summed E-state index contributed by atoms with van der Waals surface area (Å²) in [5, 5.41) is 2.93. The second kappa shape index (κ2) is 8.45. The lowest BCUT2D eigenvalue weighted by atomic mass is 10.0. The Morgan fingerprint density at radius 1 is 1.12 bits per heavy atom. The summed E-state index contributed by atoms with van der Waals surface area (Å²) in [6.45, 7) is 5.58. The smallest absolute Gasteiger partial charge is 0.240 e. The molecule has 25 heavy (non-hydrogen) atoms. The van der Waals surface area contributed by atoms with Crippen LogP contribution in [0.25, 0.3) is 0 Å². The Balaban J connectivity index is 1.59. The zero-order chi connectivity index (χ0) is 17.6. The van der Waals surface area contributed by atoms with E-state index in [1.54, 1.807) is 0 Å². The molecule has 1 N–H and O–H groups in total. The van der Waals surface area contributed by atoms with Gasteiger partial charge in [0, 0.05) is 18.8 Å². The first-order valence-corrected chi connectivity index (χ1v) is 9.10. The third-order valence-electron chi connectivity index (χ3n) is 4.90. The summed E-state index contributed by atoms with van der Waals surface area (Å²) in [5.74, 6) is 0.0802. The Labute approximate surface area is 149 Å². The maximum absolute atomic E-state index is 12.8. The Morgan fingerprint density at radius 3 is 2.56 bits per heavy atom. The fourth-order valence-corrected chi connectivity index (χ4v) is 3.48. The number of morpholine rings is 1. The molecule has 2 amide bonds. The molecule has 2 heterocycles. The second-order valence-electron chi connectivity index (χ2n) is 6.83. The number of nitrogens with zero attached hydrogens (tertiary/aromatic N) is 2. The highest BCUT2D eigenvalue weighted by molar-refractivity contribution is 5.93. The largest absolute Gasteiger partial charge is 0.378 e. The van der Waals surface area contributed by atoms with E-state index in [1.165, 1.54) is 0 Å². The van der Waals surface area contributed by atoms with Gasteiger partial charge in [-0.25, -0.2) is 0 Å². The van der Waals surface area contributed by atoms with Crippen LogP contribution in [0.3, 0.4) is 0 Å². The molecule has 1 unspecified atom stereocenters. The molecule has 0 aromatic heterocycles. The lowest BCUT2D eigenvalue weighted by Gasteiger charge is -2.38. The van der Waals surface area contributed by atoms with Crippen molar-refractivity contribution in [2.75, 3.05) is 44.7 Å². The van der Waals surface area contributed by atoms with Crippen LogP contribution < -0.4 is 5.32 Å². The Kier molecular flexibility index (Phi) is 6.04. The van der Waals surface area contributed by atoms with E-state index in [-0.39, 0.29) is 24.4 Å². The summed E-state index contributed by atoms with van der Waals surface area (Å²) in [6, 6.07) is 7.57. The first-order chi connectivity index (χ1) is 12.1. The zero-order valence-electron chi connectivity index (χ0n) is 14.9. The highest BCUT2D eigenvalue weighted by Gasteiger charge is 2.33. The molecule has 0 radical (unpaired) electrons. The SMILES string of the molecule is Cc1ccc(NC(=O)CN2CCCCC2C(=O)N2CCOCC2)cc1. The monoisotopic (exact) mass is 345 g/mol. The van der Waals surface area contributed by atoms with Crippen LogP contribution in [-0.2, 0) is 14.3 Å². The predicted molar refractivity (Wildman–Crippen MR) is 96.4 cm³/mol. The molecule has 0 saturated carbocycles. The summed E-state index contributed by atoms with van der Waals surface area (Å²) in [4.78, 5) is 29.2. The third kappa shape index (κ3) is 4.80. The lowest BCUT2D eigenvalue weighted by Crippen LogP contribution is -2.54. The second-order valence-corrected chi connectivity index (χ2v) is 6.83. The van der Waals surface area contributed by atoms with Gasteiger partial charge in [0.25, 0.3) is 0 Å². The van der Waals surface area contributed by atoms with Crippen molar-refractivity contribution in [1.82, 2.24) is 9.80 Å². The van der Waals surface area contributed by atoms with Crippen LogP contribution in [0.15, 0.2) is 24.3 Å². The topological polar surface area (TPSA) is 61.9 Å². The zero-order valence-corrected chi connectivity index (χ0v) is 14.9. The first kappa shape index (κ1) is 17.9. The molecule has 1 aromatic carbocycles. The van der Waals surface area contributed by atoms with Crippen molar-refractivity contribution >= 4 is 17.5 Å². The van der Waals surface area contributed by atoms with E-state index in [0.29, 0.717) is 26.3 Å². The van der Waals surface area contributed by atoms with Crippen LogP contribution in [-0.4, -0.2) is 67.0 Å². The van der Waals surface area contributed by atoms with Crippen molar-refractivity contribution in [2.45, 2.75) is 32.2 Å². The minimum absolute atomic E-state index is 0.0643. The molecule has 6 heteroatoms. The number of carbonyl (C=O) groups excluding carboxylic acids is 2. The van der Waals surface area contributed by atoms with E-state index in [2.05, 4.69) is 5.32 Å². The number of anilines is 1. The van der Waals surface area contributed by atoms with Crippen LogP contribution in [0.2, 0.25) is 0 Å². The third-order valence-corrected chi connectivity index (χ3v) is 4.90. The van der Waals surface area contributed by atoms with E-state index in [9.17, 15) is 9.59 Å². The molecule has 6 nitrogen and oxygen atoms in total. The predicted octanol–water partition coefficient (Wildman–Crippen LogP) is 1.65. The summed E-state index contributed by atoms with van der Waals surface area (Å²) >= 11 is 0. The normalized spacial score (nSPS) is 21.8. The van der Waals surface area contributed by atoms with Crippen molar-refractivity contribution < 1.29 is 14.3 Å². The Bertz CT molecular complexity index is 596. The molecule has 0 aliphatic carbocycles. The maximum Gasteiger partial charge on any atom is 0.240 e. The van der Waals surface area contributed by atoms with Crippen LogP contribution in [0.1, 0.15) is 24.8 Å². The number of rotatable bonds is 4. The van der Waals surface area contributed by atoms with Crippen LogP contribution in [0.4, 0.5) is 5.69 Å². The Morgan fingerprint density at radius 2 is 1.84 bits per heavy atom. The van der Waals surface area contributed by atoms with Crippen molar-refractivity contribution in [3.05, 3.63) is 29.8 Å². The highest BCUT2D eigenvalue weighted by Crippen LogP contribution is 2.20. The minimum atomic E-state index is -0.185. The molecular weight excluding hydrogens is 318 g/mol. The van der Waals surface area contributed by atoms with Crippen LogP contribution >= 0.6 is 0 Å². The van der Waals surface area contributed by atoms with Crippen molar-refractivity contribution in [2.24, 2.45) is 0 Å². The number of amides is 2. The minimum Gasteiger partial charge on any atom is -0.378 e. The molecule has 2 fully saturated rings. The molecule has 1 atom stereocenters. The van der Waals surface area contributed by atoms with Gasteiger partial charge in [-0.3, -0.25) is 14.5 Å². The molecule has 3 rings (SSSR count). The van der Waals surface area contributed by atoms with Gasteiger partial charge in [0.1, 0.15) is 0 Å². The number of hydrogen-bond donors (Lipinski definition) is 1. The molecule has 136 valence electrons. The van der Waals surface area contributed by atoms with Gasteiger partial charge in [-0.2, -0.15) is 0 Å². The number of piperidine rings is 1. The molecule has 2 aliphatic heterocycles. The average Bonchev–Trinajstić information content (AvgIpc) is 2.64. The molecular formula is C19H27N3O3. The van der Waals surface area contributed by atoms with Crippen molar-refractivity contribution in [3.8, 4) is 0 Å². The highest BCUT2D eigenvalue weighted by atomic mass is 16.5. The van der Waals surface area contributed by atoms with Crippen molar-refractivity contribution in [3.63, 3.8) is 0 Å². The van der Waals surface area contributed by atoms with Crippen LogP contribution in [0.5, 0.6) is 0 Å². The summed E-state index contributed by atoms with van der Waals surface area (Å²) in [7, 11) is 0. The Hall–Kier alpha value is -1.92. The molecule has 2 saturated heterocycles. The van der Waals surface area contributed by atoms with E-state index in [1.807, 2.05) is 41.0 Å². The van der Waals surface area contributed by atoms with Gasteiger partial charge >= 0.3 is 0 Å². The maximum atomic E-state index is 12.8. The number of aryl methyl sites for hydroxylation is 1. The van der Waals surface area contributed by atoms with E-state index in [0.717, 1.165) is 37.1 Å². The number of ether oxygens (including phenoxy) is 1. The fraction of sp³-hybridized carbons (Fsp3) is 0.579. The molecule has 1 aromatic rings. The van der Waals surface area contributed by atoms with Crippen molar-refractivity contribution in [1.29, 1.82) is 0 Å². The summed E-state index contributed by atoms with van der Waals surface area (Å²) < 4.78 is 5.33. The summed E-state index contributed by atoms with van der Waals surface area (Å²) in [5.41, 5.74) is 1.95. The van der Waals surface area contributed by atoms with Gasteiger partial charge < -0.3 is 15.0 Å². The average molecular weight is 345 g/mol. The summed E-state index contributed by atoms with van der Waals surface area (Å²) in [6.07, 6.45) is 2.90. The number of hydrogen-bond acceptors (Lipinski definition) is 4. The number of likely N-dealkylation sites (tertiary alicyclic amines) is 1. The van der Waals surface area contributed by atoms with Gasteiger partial charge in [-0.15, -0.1) is 0 Å². The molecule has 0 bridgehead atoms. The molecule has 0 spiro atoms. The number of nitrogens with one attached hydrogen (secondary N) is 1. The van der Waals surface area contributed by atoms with Gasteiger partial charge in [-0.1, -0.05) is 24.1 Å². The standard InChI is InChI=1S/C19H27N3O3/c1-15-5-7-16(8-6-15)20-18(23)14-22-9-3-2-4-17(22)19(24)21-10-12-25-13-11-21/h5-8,17H,2-4,9-14H2,1H3,(H,20,23). The number of benzene rings is 1. The lowest BCUT2D eigenvalue weighted by molar-refractivity contribution is -0.142. The fourth-order valence-electron chi connectivity index (χ4n) is 3.48. The van der Waals surface area contributed by atoms with E-state index < -0.39 is 0 Å². The quantitative estimate of drug-likeness (QED) is 0.901. The molecule has 2 aliphatic rings. The van der Waals surface area contributed by atoms with E-state index in [4.69, 9.17) is 4.74 Å². The van der Waals surface area contributed by atoms with Crippen LogP contribution in [0, 0.1) is 6.92 Å². The van der Waals surface area contributed by atoms with E-state index >= 15 is 0 Å². The van der Waals surface area contributed by atoms with Gasteiger partial charge in [0.15, 0.2) is 0 Å².